The number of hydrogen-bond acceptors (Lipinski definition) is 7. The highest BCUT2D eigenvalue weighted by molar-refractivity contribution is 5.83. The molecule has 3 rings (SSSR count). The van der Waals surface area contributed by atoms with Crippen molar-refractivity contribution in [1.29, 1.82) is 0 Å². The maximum atomic E-state index is 11.4. The predicted molar refractivity (Wildman–Crippen MR) is 116 cm³/mol. The van der Waals surface area contributed by atoms with Gasteiger partial charge < -0.3 is 14.2 Å². The maximum absolute atomic E-state index is 11.4. The number of ether oxygens (including phenoxy) is 3. The van der Waals surface area contributed by atoms with Crippen LogP contribution in [-0.2, 0) is 11.3 Å². The van der Waals surface area contributed by atoms with Crippen LogP contribution >= 0.6 is 0 Å². The standard InChI is InChI=1S/C23H29N3O4/c1-17-5-7-19(8-6-17)16-25-9-11-26(12-10-25)24-15-20-13-21(28-3)23(30-18(2)27)22(14-20)29-4/h5-8,13-15H,9-12,16H2,1-4H3/b24-15-. The third-order valence-electron chi connectivity index (χ3n) is 4.97. The van der Waals surface area contributed by atoms with Crippen molar-refractivity contribution in [2.75, 3.05) is 40.4 Å². The van der Waals surface area contributed by atoms with Crippen LogP contribution in [0.2, 0.25) is 0 Å². The van der Waals surface area contributed by atoms with E-state index in [0.29, 0.717) is 11.5 Å². The van der Waals surface area contributed by atoms with Crippen LogP contribution in [0.5, 0.6) is 17.2 Å². The maximum Gasteiger partial charge on any atom is 0.308 e. The molecule has 1 saturated heterocycles. The molecule has 0 spiro atoms. The molecule has 7 heteroatoms. The van der Waals surface area contributed by atoms with Gasteiger partial charge in [0.25, 0.3) is 0 Å². The Bertz CT molecular complexity index is 863. The molecular weight excluding hydrogens is 382 g/mol. The van der Waals surface area contributed by atoms with Crippen molar-refractivity contribution in [3.8, 4) is 17.2 Å². The van der Waals surface area contributed by atoms with Crippen LogP contribution in [0.4, 0.5) is 0 Å². The Morgan fingerprint density at radius 2 is 1.63 bits per heavy atom. The highest BCUT2D eigenvalue weighted by Gasteiger charge is 2.17. The average Bonchev–Trinajstić information content (AvgIpc) is 2.75. The van der Waals surface area contributed by atoms with Gasteiger partial charge in [0.05, 0.1) is 20.4 Å². The van der Waals surface area contributed by atoms with Crippen molar-refractivity contribution < 1.29 is 19.0 Å². The number of esters is 1. The molecule has 0 aromatic heterocycles. The van der Waals surface area contributed by atoms with E-state index >= 15 is 0 Å². The second-order valence-corrected chi connectivity index (χ2v) is 7.31. The number of rotatable bonds is 7. The van der Waals surface area contributed by atoms with Crippen LogP contribution in [0.25, 0.3) is 0 Å². The minimum Gasteiger partial charge on any atom is -0.493 e. The molecule has 0 radical (unpaired) electrons. The van der Waals surface area contributed by atoms with E-state index in [9.17, 15) is 4.79 Å². The normalized spacial score (nSPS) is 14.7. The first-order valence-electron chi connectivity index (χ1n) is 9.99. The number of piperazine rings is 1. The van der Waals surface area contributed by atoms with E-state index in [1.807, 2.05) is 0 Å². The minimum atomic E-state index is -0.434. The fourth-order valence-corrected chi connectivity index (χ4v) is 3.33. The van der Waals surface area contributed by atoms with Gasteiger partial charge >= 0.3 is 5.97 Å². The monoisotopic (exact) mass is 411 g/mol. The molecule has 30 heavy (non-hydrogen) atoms. The number of aryl methyl sites for hydroxylation is 1. The fraction of sp³-hybridized carbons (Fsp3) is 0.391. The molecular formula is C23H29N3O4. The Labute approximate surface area is 177 Å². The third kappa shape index (κ3) is 5.73. The van der Waals surface area contributed by atoms with Crippen molar-refractivity contribution in [3.05, 3.63) is 53.1 Å². The minimum absolute atomic E-state index is 0.273. The molecule has 0 amide bonds. The van der Waals surface area contributed by atoms with E-state index in [4.69, 9.17) is 14.2 Å². The largest absolute Gasteiger partial charge is 0.493 e. The lowest BCUT2D eigenvalue weighted by molar-refractivity contribution is -0.132. The van der Waals surface area contributed by atoms with Gasteiger partial charge in [-0.3, -0.25) is 14.7 Å². The summed E-state index contributed by atoms with van der Waals surface area (Å²) in [5, 5.41) is 6.67. The summed E-state index contributed by atoms with van der Waals surface area (Å²) >= 11 is 0. The lowest BCUT2D eigenvalue weighted by Gasteiger charge is -2.33. The zero-order valence-corrected chi connectivity index (χ0v) is 18.1. The summed E-state index contributed by atoms with van der Waals surface area (Å²) in [7, 11) is 3.05. The van der Waals surface area contributed by atoms with E-state index in [-0.39, 0.29) is 5.75 Å². The fourth-order valence-electron chi connectivity index (χ4n) is 3.33. The van der Waals surface area contributed by atoms with Crippen LogP contribution in [0.1, 0.15) is 23.6 Å². The van der Waals surface area contributed by atoms with Crippen LogP contribution < -0.4 is 14.2 Å². The zero-order valence-electron chi connectivity index (χ0n) is 18.1. The number of benzene rings is 2. The van der Waals surface area contributed by atoms with E-state index in [2.05, 4.69) is 46.2 Å². The van der Waals surface area contributed by atoms with Crippen molar-refractivity contribution in [1.82, 2.24) is 9.91 Å². The van der Waals surface area contributed by atoms with Crippen LogP contribution in [0.15, 0.2) is 41.5 Å². The lowest BCUT2D eigenvalue weighted by atomic mass is 10.1. The molecule has 0 N–H and O–H groups in total. The number of methoxy groups -OCH3 is 2. The molecule has 0 unspecified atom stereocenters. The number of carbonyl (C=O) groups is 1. The van der Waals surface area contributed by atoms with Crippen molar-refractivity contribution in [2.24, 2.45) is 5.10 Å². The Morgan fingerprint density at radius 1 is 1.03 bits per heavy atom. The van der Waals surface area contributed by atoms with Gasteiger partial charge in [0.15, 0.2) is 11.5 Å². The summed E-state index contributed by atoms with van der Waals surface area (Å²) in [5.74, 6) is 0.689. The number of hydrogen-bond donors (Lipinski definition) is 0. The number of hydrazone groups is 1. The van der Waals surface area contributed by atoms with Crippen LogP contribution in [-0.4, -0.2) is 62.5 Å². The van der Waals surface area contributed by atoms with Crippen molar-refractivity contribution >= 4 is 12.2 Å². The molecule has 1 aliphatic heterocycles. The molecule has 2 aromatic rings. The zero-order chi connectivity index (χ0) is 21.5. The summed E-state index contributed by atoms with van der Waals surface area (Å²) in [6, 6.07) is 12.3. The van der Waals surface area contributed by atoms with Gasteiger partial charge in [-0.05, 0) is 24.6 Å². The van der Waals surface area contributed by atoms with Gasteiger partial charge in [-0.15, -0.1) is 0 Å². The first-order valence-corrected chi connectivity index (χ1v) is 9.99. The number of carbonyl (C=O) groups excluding carboxylic acids is 1. The van der Waals surface area contributed by atoms with E-state index in [1.165, 1.54) is 32.3 Å². The first-order chi connectivity index (χ1) is 14.5. The molecule has 0 aliphatic carbocycles. The quantitative estimate of drug-likeness (QED) is 0.396. The van der Waals surface area contributed by atoms with Gasteiger partial charge in [-0.2, -0.15) is 5.10 Å². The Balaban J connectivity index is 1.61. The summed E-state index contributed by atoms with van der Waals surface area (Å²) in [6.45, 7) is 8.06. The van der Waals surface area contributed by atoms with Crippen LogP contribution in [0, 0.1) is 6.92 Å². The van der Waals surface area contributed by atoms with Crippen molar-refractivity contribution in [2.45, 2.75) is 20.4 Å². The predicted octanol–water partition coefficient (Wildman–Crippen LogP) is 3.09. The molecule has 160 valence electrons. The Hall–Kier alpha value is -3.06. The second kappa shape index (κ2) is 10.1. The summed E-state index contributed by atoms with van der Waals surface area (Å²) in [5.41, 5.74) is 3.43. The van der Waals surface area contributed by atoms with Crippen molar-refractivity contribution in [3.63, 3.8) is 0 Å². The van der Waals surface area contributed by atoms with Crippen LogP contribution in [0.3, 0.4) is 0 Å². The smallest absolute Gasteiger partial charge is 0.308 e. The SMILES string of the molecule is COc1cc(/C=N\N2CCN(Cc3ccc(C)cc3)CC2)cc(OC)c1OC(C)=O. The number of nitrogens with zero attached hydrogens (tertiary/aromatic N) is 3. The van der Waals surface area contributed by atoms with Gasteiger partial charge in [0.1, 0.15) is 0 Å². The van der Waals surface area contributed by atoms with Gasteiger partial charge in [0, 0.05) is 45.2 Å². The molecule has 1 aliphatic rings. The molecule has 2 aromatic carbocycles. The van der Waals surface area contributed by atoms with Gasteiger partial charge in [-0.25, -0.2) is 0 Å². The molecule has 0 atom stereocenters. The van der Waals surface area contributed by atoms with Gasteiger partial charge in [0.2, 0.25) is 5.75 Å². The highest BCUT2D eigenvalue weighted by Crippen LogP contribution is 2.38. The second-order valence-electron chi connectivity index (χ2n) is 7.31. The first kappa shape index (κ1) is 21.6. The molecule has 1 fully saturated rings. The summed E-state index contributed by atoms with van der Waals surface area (Å²) in [6.07, 6.45) is 1.78. The molecule has 0 saturated carbocycles. The lowest BCUT2D eigenvalue weighted by Crippen LogP contribution is -2.43. The highest BCUT2D eigenvalue weighted by atomic mass is 16.6. The van der Waals surface area contributed by atoms with E-state index in [1.54, 1.807) is 18.3 Å². The van der Waals surface area contributed by atoms with Gasteiger partial charge in [-0.1, -0.05) is 29.8 Å². The topological polar surface area (TPSA) is 63.6 Å². The van der Waals surface area contributed by atoms with E-state index in [0.717, 1.165) is 38.3 Å². The molecule has 7 nitrogen and oxygen atoms in total. The summed E-state index contributed by atoms with van der Waals surface area (Å²) in [4.78, 5) is 13.8. The Morgan fingerprint density at radius 3 is 2.17 bits per heavy atom. The average molecular weight is 412 g/mol. The van der Waals surface area contributed by atoms with E-state index < -0.39 is 5.97 Å². The summed E-state index contributed by atoms with van der Waals surface area (Å²) < 4.78 is 15.9. The Kier molecular flexibility index (Phi) is 7.30. The molecule has 1 heterocycles. The third-order valence-corrected chi connectivity index (χ3v) is 4.97. The molecule has 0 bridgehead atoms.